The minimum Gasteiger partial charge on any atom is -0.486 e. The molecule has 3 saturated heterocycles. The highest BCUT2D eigenvalue weighted by Gasteiger charge is 2.30. The number of ether oxygens (including phenoxy) is 3. The van der Waals surface area contributed by atoms with Crippen LogP contribution in [-0.2, 0) is 4.74 Å². The Bertz CT molecular complexity index is 1460. The van der Waals surface area contributed by atoms with Crippen LogP contribution < -0.4 is 25.0 Å². The lowest BCUT2D eigenvalue weighted by Gasteiger charge is -2.43. The number of piperidine rings is 1. The second-order valence-corrected chi connectivity index (χ2v) is 10.4. The van der Waals surface area contributed by atoms with Crippen LogP contribution in [0.3, 0.4) is 0 Å². The summed E-state index contributed by atoms with van der Waals surface area (Å²) in [6.07, 6.45) is -0.298. The molecule has 0 amide bonds. The van der Waals surface area contributed by atoms with Gasteiger partial charge in [-0.05, 0) is 43.3 Å². The number of anilines is 3. The lowest BCUT2D eigenvalue weighted by Crippen LogP contribution is -2.56. The van der Waals surface area contributed by atoms with Crippen LogP contribution in [0.1, 0.15) is 12.0 Å². The zero-order chi connectivity index (χ0) is 29.1. The van der Waals surface area contributed by atoms with Crippen molar-refractivity contribution < 1.29 is 23.0 Å². The highest BCUT2D eigenvalue weighted by molar-refractivity contribution is 5.67. The van der Waals surface area contributed by atoms with Crippen molar-refractivity contribution in [2.75, 3.05) is 69.8 Å². The largest absolute Gasteiger partial charge is 0.486 e. The van der Waals surface area contributed by atoms with E-state index in [9.17, 15) is 14.0 Å². The van der Waals surface area contributed by atoms with Gasteiger partial charge >= 0.3 is 0 Å². The van der Waals surface area contributed by atoms with Gasteiger partial charge in [0.25, 0.3) is 0 Å². The molecule has 3 aliphatic heterocycles. The predicted molar refractivity (Wildman–Crippen MR) is 151 cm³/mol. The number of hydrogen-bond acceptors (Lipinski definition) is 11. The van der Waals surface area contributed by atoms with Crippen LogP contribution >= 0.6 is 0 Å². The van der Waals surface area contributed by atoms with Crippen molar-refractivity contribution in [3.05, 3.63) is 47.9 Å². The maximum Gasteiger partial charge on any atom is 0.239 e. The first-order chi connectivity index (χ1) is 20.5. The van der Waals surface area contributed by atoms with Gasteiger partial charge in [-0.3, -0.25) is 4.90 Å². The van der Waals surface area contributed by atoms with E-state index in [0.717, 1.165) is 51.3 Å². The molecule has 0 spiro atoms. The van der Waals surface area contributed by atoms with Gasteiger partial charge in [-0.1, -0.05) is 0 Å². The van der Waals surface area contributed by atoms with E-state index < -0.39 is 18.1 Å². The Morgan fingerprint density at radius 2 is 1.98 bits per heavy atom. The van der Waals surface area contributed by atoms with Crippen LogP contribution in [-0.4, -0.2) is 97.8 Å². The quantitative estimate of drug-likeness (QED) is 0.411. The third kappa shape index (κ3) is 5.92. The summed E-state index contributed by atoms with van der Waals surface area (Å²) >= 11 is 0. The molecule has 220 valence electrons. The topological polar surface area (TPSA) is 121 Å². The van der Waals surface area contributed by atoms with Crippen molar-refractivity contribution in [2.45, 2.75) is 24.7 Å². The standard InChI is InChI=1S/C29H32F2N8O3/c1-40-28-23(39-10-8-38(9-11-39)20-16-41-17-20)3-5-26(35-28)36-29-34-15-22(31)27(37-29)18-2-4-24(19(12-18)13-32)42-25-6-7-33-14-21(25)30/h2-5,12,15,20-21,25,33H,6-11,14,16-17H2,1H3,(H,34,35,36,37)/t21-,25+/m1/s1. The van der Waals surface area contributed by atoms with E-state index in [4.69, 9.17) is 14.2 Å². The number of nitriles is 1. The molecule has 42 heavy (non-hydrogen) atoms. The number of nitrogens with zero attached hydrogens (tertiary/aromatic N) is 6. The lowest BCUT2D eigenvalue weighted by atomic mass is 10.1. The first kappa shape index (κ1) is 28.0. The number of piperazine rings is 1. The Kier molecular flexibility index (Phi) is 8.27. The Morgan fingerprint density at radius 3 is 2.69 bits per heavy atom. The molecule has 0 saturated carbocycles. The zero-order valence-electron chi connectivity index (χ0n) is 23.2. The van der Waals surface area contributed by atoms with E-state index in [1.54, 1.807) is 25.3 Å². The van der Waals surface area contributed by atoms with Crippen molar-refractivity contribution in [1.29, 1.82) is 5.26 Å². The van der Waals surface area contributed by atoms with Gasteiger partial charge in [-0.2, -0.15) is 10.2 Å². The van der Waals surface area contributed by atoms with E-state index >= 15 is 0 Å². The Morgan fingerprint density at radius 1 is 1.14 bits per heavy atom. The number of pyridine rings is 1. The molecule has 2 atom stereocenters. The van der Waals surface area contributed by atoms with Gasteiger partial charge in [-0.15, -0.1) is 0 Å². The van der Waals surface area contributed by atoms with E-state index in [2.05, 4.69) is 41.5 Å². The minimum atomic E-state index is -1.18. The first-order valence-corrected chi connectivity index (χ1v) is 14.0. The lowest BCUT2D eigenvalue weighted by molar-refractivity contribution is -0.0660. The molecule has 0 aliphatic carbocycles. The summed E-state index contributed by atoms with van der Waals surface area (Å²) in [6, 6.07) is 10.9. The van der Waals surface area contributed by atoms with Gasteiger partial charge < -0.3 is 29.7 Å². The second-order valence-electron chi connectivity index (χ2n) is 10.4. The van der Waals surface area contributed by atoms with Gasteiger partial charge in [0.1, 0.15) is 41.3 Å². The van der Waals surface area contributed by atoms with E-state index in [1.165, 1.54) is 6.07 Å². The van der Waals surface area contributed by atoms with Crippen LogP contribution in [0.15, 0.2) is 36.5 Å². The molecular weight excluding hydrogens is 546 g/mol. The summed E-state index contributed by atoms with van der Waals surface area (Å²) in [7, 11) is 1.57. The molecule has 0 radical (unpaired) electrons. The molecule has 6 rings (SSSR count). The number of alkyl halides is 1. The first-order valence-electron chi connectivity index (χ1n) is 14.0. The average molecular weight is 579 g/mol. The highest BCUT2D eigenvalue weighted by Crippen LogP contribution is 2.32. The molecule has 0 unspecified atom stereocenters. The van der Waals surface area contributed by atoms with E-state index in [1.807, 2.05) is 6.07 Å². The van der Waals surface area contributed by atoms with Crippen molar-refractivity contribution in [2.24, 2.45) is 0 Å². The highest BCUT2D eigenvalue weighted by atomic mass is 19.1. The summed E-state index contributed by atoms with van der Waals surface area (Å²) in [4.78, 5) is 17.7. The number of nitrogens with one attached hydrogen (secondary N) is 2. The number of hydrogen-bond donors (Lipinski definition) is 2. The fourth-order valence-corrected chi connectivity index (χ4v) is 5.36. The fraction of sp³-hybridized carbons (Fsp3) is 0.448. The van der Waals surface area contributed by atoms with Crippen LogP contribution in [0, 0.1) is 17.1 Å². The average Bonchev–Trinajstić information content (AvgIpc) is 2.99. The minimum absolute atomic E-state index is 0.000830. The predicted octanol–water partition coefficient (Wildman–Crippen LogP) is 2.90. The van der Waals surface area contributed by atoms with Gasteiger partial charge in [-0.25, -0.2) is 18.7 Å². The molecule has 13 heteroatoms. The summed E-state index contributed by atoms with van der Waals surface area (Å²) in [5.74, 6) is 0.606. The number of methoxy groups -OCH3 is 1. The Labute approximate surface area is 242 Å². The van der Waals surface area contributed by atoms with Crippen molar-refractivity contribution in [3.63, 3.8) is 0 Å². The second kappa shape index (κ2) is 12.4. The maximum absolute atomic E-state index is 14.9. The van der Waals surface area contributed by atoms with Crippen LogP contribution in [0.4, 0.5) is 26.2 Å². The Hall–Kier alpha value is -4.12. The van der Waals surface area contributed by atoms with Gasteiger partial charge in [0.15, 0.2) is 5.82 Å². The normalized spacial score (nSPS) is 21.3. The number of aromatic nitrogens is 3. The summed E-state index contributed by atoms with van der Waals surface area (Å²) in [6.45, 7) is 6.03. The third-order valence-electron chi connectivity index (χ3n) is 7.81. The molecule has 2 N–H and O–H groups in total. The number of rotatable bonds is 8. The van der Waals surface area contributed by atoms with Gasteiger partial charge in [0.2, 0.25) is 11.8 Å². The molecule has 0 bridgehead atoms. The summed E-state index contributed by atoms with van der Waals surface area (Å²) in [5.41, 5.74) is 1.41. The van der Waals surface area contributed by atoms with Crippen LogP contribution in [0.5, 0.6) is 11.6 Å². The van der Waals surface area contributed by atoms with E-state index in [0.29, 0.717) is 36.3 Å². The molecule has 3 aromatic rings. The SMILES string of the molecule is COc1nc(Nc2ncc(F)c(-c3ccc(O[C@H]4CCNC[C@H]4F)c(C#N)c3)n2)ccc1N1CCN(C2COC2)CC1. The Balaban J connectivity index is 1.17. The molecular formula is C29H32F2N8O3. The molecule has 1 aromatic carbocycles. The number of halogens is 2. The monoisotopic (exact) mass is 578 g/mol. The fourth-order valence-electron chi connectivity index (χ4n) is 5.36. The van der Waals surface area contributed by atoms with Crippen molar-refractivity contribution in [3.8, 4) is 29.0 Å². The molecule has 2 aromatic heterocycles. The molecule has 11 nitrogen and oxygen atoms in total. The summed E-state index contributed by atoms with van der Waals surface area (Å²) in [5, 5.41) is 15.7. The zero-order valence-corrected chi connectivity index (χ0v) is 23.2. The molecule has 3 fully saturated rings. The van der Waals surface area contributed by atoms with Gasteiger partial charge in [0.05, 0.1) is 38.1 Å². The van der Waals surface area contributed by atoms with Crippen LogP contribution in [0.25, 0.3) is 11.3 Å². The smallest absolute Gasteiger partial charge is 0.239 e. The molecule has 5 heterocycles. The van der Waals surface area contributed by atoms with Crippen molar-refractivity contribution in [1.82, 2.24) is 25.2 Å². The van der Waals surface area contributed by atoms with Crippen LogP contribution in [0.2, 0.25) is 0 Å². The summed E-state index contributed by atoms with van der Waals surface area (Å²) < 4.78 is 45.8. The third-order valence-corrected chi connectivity index (χ3v) is 7.81. The maximum atomic E-state index is 14.9. The number of benzene rings is 1. The molecule has 3 aliphatic rings. The van der Waals surface area contributed by atoms with Gasteiger partial charge in [0, 0.05) is 38.3 Å². The van der Waals surface area contributed by atoms with E-state index in [-0.39, 0.29) is 29.5 Å². The van der Waals surface area contributed by atoms with Crippen molar-refractivity contribution >= 4 is 17.5 Å².